The van der Waals surface area contributed by atoms with Crippen LogP contribution in [0.2, 0.25) is 0 Å². The highest BCUT2D eigenvalue weighted by molar-refractivity contribution is 5.68. The number of nitrogens with zero attached hydrogens (tertiary/aromatic N) is 4. The van der Waals surface area contributed by atoms with Crippen LogP contribution >= 0.6 is 0 Å². The van der Waals surface area contributed by atoms with Crippen molar-refractivity contribution in [3.05, 3.63) is 17.7 Å². The Hall–Kier alpha value is -1.56. The average molecular weight is 405 g/mol. The van der Waals surface area contributed by atoms with Crippen molar-refractivity contribution in [3.8, 4) is 0 Å². The van der Waals surface area contributed by atoms with Crippen LogP contribution in [0.5, 0.6) is 0 Å². The van der Waals surface area contributed by atoms with Gasteiger partial charge in [-0.3, -0.25) is 0 Å². The van der Waals surface area contributed by atoms with Crippen LogP contribution in [0, 0.1) is 0 Å². The van der Waals surface area contributed by atoms with Crippen LogP contribution < -0.4 is 0 Å². The molecule has 1 amide bonds. The standard InChI is InChI=1S/C23H40N4O2/c1-5-6-9-20-18-27(17-16-25-12-7-8-13-25)21(24-20)19-10-14-26(15-11-19)22(28)29-23(2,3)4/h18-19H,5-17H2,1-4H3. The quantitative estimate of drug-likeness (QED) is 0.674. The normalized spacial score (nSPS) is 19.1. The number of aryl methyl sites for hydroxylation is 1. The summed E-state index contributed by atoms with van der Waals surface area (Å²) in [6, 6.07) is 0. The number of carbonyl (C=O) groups is 1. The second-order valence-electron chi connectivity index (χ2n) is 9.68. The Morgan fingerprint density at radius 1 is 1.14 bits per heavy atom. The molecule has 0 unspecified atom stereocenters. The number of imidazole rings is 1. The maximum Gasteiger partial charge on any atom is 0.410 e. The van der Waals surface area contributed by atoms with E-state index in [-0.39, 0.29) is 6.09 Å². The Morgan fingerprint density at radius 3 is 2.45 bits per heavy atom. The second-order valence-corrected chi connectivity index (χ2v) is 9.68. The number of hydrogen-bond acceptors (Lipinski definition) is 4. The number of rotatable bonds is 7. The van der Waals surface area contributed by atoms with Crippen molar-refractivity contribution in [3.63, 3.8) is 0 Å². The summed E-state index contributed by atoms with van der Waals surface area (Å²) in [5, 5.41) is 0. The van der Waals surface area contributed by atoms with Gasteiger partial charge in [-0.25, -0.2) is 9.78 Å². The fourth-order valence-corrected chi connectivity index (χ4v) is 4.37. The summed E-state index contributed by atoms with van der Waals surface area (Å²) in [5.74, 6) is 1.67. The molecule has 1 aromatic rings. The van der Waals surface area contributed by atoms with Crippen molar-refractivity contribution in [2.45, 2.75) is 90.7 Å². The van der Waals surface area contributed by atoms with Gasteiger partial charge in [0.15, 0.2) is 0 Å². The van der Waals surface area contributed by atoms with E-state index in [9.17, 15) is 4.79 Å². The Morgan fingerprint density at radius 2 is 1.83 bits per heavy atom. The van der Waals surface area contributed by atoms with Gasteiger partial charge in [0.1, 0.15) is 11.4 Å². The van der Waals surface area contributed by atoms with Gasteiger partial charge in [-0.2, -0.15) is 0 Å². The molecule has 0 spiro atoms. The topological polar surface area (TPSA) is 50.6 Å². The Labute approximate surface area is 176 Å². The molecule has 2 fully saturated rings. The number of amides is 1. The van der Waals surface area contributed by atoms with Crippen LogP contribution in [-0.2, 0) is 17.7 Å². The lowest BCUT2D eigenvalue weighted by molar-refractivity contribution is 0.0202. The third kappa shape index (κ3) is 6.46. The molecule has 2 saturated heterocycles. The average Bonchev–Trinajstić information content (AvgIpc) is 3.33. The zero-order valence-corrected chi connectivity index (χ0v) is 19.0. The zero-order valence-electron chi connectivity index (χ0n) is 19.0. The molecule has 0 atom stereocenters. The summed E-state index contributed by atoms with van der Waals surface area (Å²) in [4.78, 5) is 21.9. The number of piperidine rings is 1. The summed E-state index contributed by atoms with van der Waals surface area (Å²) in [7, 11) is 0. The summed E-state index contributed by atoms with van der Waals surface area (Å²) >= 11 is 0. The lowest BCUT2D eigenvalue weighted by atomic mass is 9.96. The number of likely N-dealkylation sites (tertiary alicyclic amines) is 2. The lowest BCUT2D eigenvalue weighted by Gasteiger charge is -2.33. The summed E-state index contributed by atoms with van der Waals surface area (Å²) < 4.78 is 7.96. The maximum absolute atomic E-state index is 12.4. The first-order chi connectivity index (χ1) is 13.9. The minimum atomic E-state index is -0.437. The SMILES string of the molecule is CCCCc1cn(CCN2CCCC2)c(C2CCN(C(=O)OC(C)(C)C)CC2)n1. The van der Waals surface area contributed by atoms with Gasteiger partial charge < -0.3 is 19.1 Å². The molecule has 2 aliphatic rings. The Balaban J connectivity index is 1.62. The Bertz CT molecular complexity index is 650. The fraction of sp³-hybridized carbons (Fsp3) is 0.826. The highest BCUT2D eigenvalue weighted by Gasteiger charge is 2.29. The van der Waals surface area contributed by atoms with Crippen molar-refractivity contribution in [1.82, 2.24) is 19.4 Å². The molecular weight excluding hydrogens is 364 g/mol. The van der Waals surface area contributed by atoms with Crippen LogP contribution in [0.1, 0.15) is 83.7 Å². The molecule has 0 aliphatic carbocycles. The summed E-state index contributed by atoms with van der Waals surface area (Å²) in [6.07, 6.45) is 10.2. The van der Waals surface area contributed by atoms with Gasteiger partial charge in [-0.05, 0) is 72.4 Å². The van der Waals surface area contributed by atoms with Crippen LogP contribution in [0.3, 0.4) is 0 Å². The molecule has 3 rings (SSSR count). The number of aromatic nitrogens is 2. The molecular formula is C23H40N4O2. The summed E-state index contributed by atoms with van der Waals surface area (Å²) in [5.41, 5.74) is 0.798. The Kier molecular flexibility index (Phi) is 7.60. The second kappa shape index (κ2) is 9.96. The molecule has 164 valence electrons. The number of hydrogen-bond donors (Lipinski definition) is 0. The highest BCUT2D eigenvalue weighted by atomic mass is 16.6. The van der Waals surface area contributed by atoms with E-state index in [0.717, 1.165) is 45.4 Å². The molecule has 0 radical (unpaired) electrons. The largest absolute Gasteiger partial charge is 0.444 e. The molecule has 3 heterocycles. The first-order valence-corrected chi connectivity index (χ1v) is 11.6. The van der Waals surface area contributed by atoms with Gasteiger partial charge >= 0.3 is 6.09 Å². The first-order valence-electron chi connectivity index (χ1n) is 11.6. The van der Waals surface area contributed by atoms with Crippen LogP contribution in [-0.4, -0.2) is 63.8 Å². The van der Waals surface area contributed by atoms with Crippen molar-refractivity contribution >= 4 is 6.09 Å². The highest BCUT2D eigenvalue weighted by Crippen LogP contribution is 2.29. The number of carbonyl (C=O) groups excluding carboxylic acids is 1. The minimum absolute atomic E-state index is 0.183. The van der Waals surface area contributed by atoms with E-state index in [1.807, 2.05) is 25.7 Å². The molecule has 6 heteroatoms. The van der Waals surface area contributed by atoms with Gasteiger partial charge in [0.05, 0.1) is 5.69 Å². The van der Waals surface area contributed by atoms with E-state index in [0.29, 0.717) is 5.92 Å². The molecule has 0 N–H and O–H groups in total. The maximum atomic E-state index is 12.4. The molecule has 0 bridgehead atoms. The molecule has 0 aromatic carbocycles. The predicted octanol–water partition coefficient (Wildman–Crippen LogP) is 4.44. The lowest BCUT2D eigenvalue weighted by Crippen LogP contribution is -2.41. The molecule has 6 nitrogen and oxygen atoms in total. The molecule has 0 saturated carbocycles. The van der Waals surface area contributed by atoms with Gasteiger partial charge in [-0.1, -0.05) is 13.3 Å². The van der Waals surface area contributed by atoms with E-state index in [2.05, 4.69) is 22.6 Å². The van der Waals surface area contributed by atoms with Crippen molar-refractivity contribution in [2.75, 3.05) is 32.7 Å². The van der Waals surface area contributed by atoms with E-state index in [1.165, 1.54) is 50.3 Å². The third-order valence-corrected chi connectivity index (χ3v) is 6.01. The number of ether oxygens (including phenoxy) is 1. The molecule has 1 aromatic heterocycles. The van der Waals surface area contributed by atoms with E-state index >= 15 is 0 Å². The van der Waals surface area contributed by atoms with E-state index in [4.69, 9.17) is 9.72 Å². The van der Waals surface area contributed by atoms with Gasteiger partial charge in [-0.15, -0.1) is 0 Å². The summed E-state index contributed by atoms with van der Waals surface area (Å²) in [6.45, 7) is 14.1. The van der Waals surface area contributed by atoms with Crippen molar-refractivity contribution in [2.24, 2.45) is 0 Å². The predicted molar refractivity (Wildman–Crippen MR) is 116 cm³/mol. The molecule has 29 heavy (non-hydrogen) atoms. The van der Waals surface area contributed by atoms with Crippen LogP contribution in [0.15, 0.2) is 6.20 Å². The van der Waals surface area contributed by atoms with Gasteiger partial charge in [0.25, 0.3) is 0 Å². The van der Waals surface area contributed by atoms with E-state index in [1.54, 1.807) is 0 Å². The zero-order chi connectivity index (χ0) is 20.9. The van der Waals surface area contributed by atoms with Crippen molar-refractivity contribution < 1.29 is 9.53 Å². The molecule has 2 aliphatic heterocycles. The van der Waals surface area contributed by atoms with Gasteiger partial charge in [0.2, 0.25) is 0 Å². The monoisotopic (exact) mass is 404 g/mol. The van der Waals surface area contributed by atoms with E-state index < -0.39 is 5.60 Å². The van der Waals surface area contributed by atoms with Crippen LogP contribution in [0.4, 0.5) is 4.79 Å². The minimum Gasteiger partial charge on any atom is -0.444 e. The van der Waals surface area contributed by atoms with Crippen molar-refractivity contribution in [1.29, 1.82) is 0 Å². The number of unbranched alkanes of at least 4 members (excludes halogenated alkanes) is 1. The van der Waals surface area contributed by atoms with Crippen LogP contribution in [0.25, 0.3) is 0 Å². The first kappa shape index (κ1) is 22.1. The smallest absolute Gasteiger partial charge is 0.410 e. The third-order valence-electron chi connectivity index (χ3n) is 6.01. The van der Waals surface area contributed by atoms with Gasteiger partial charge in [0, 0.05) is 38.3 Å². The fourth-order valence-electron chi connectivity index (χ4n) is 4.37.